The zero-order valence-corrected chi connectivity index (χ0v) is 14.3. The standard InChI is InChI=1S/C15H14INS2/c1-2-17-14(11-8-13(16)19-9-11)12-5-3-4-10-6-7-18-15(10)12/h3-9,14,17H,2H2,1H3. The van der Waals surface area contributed by atoms with Gasteiger partial charge in [0.15, 0.2) is 0 Å². The predicted molar refractivity (Wildman–Crippen MR) is 94.4 cm³/mol. The van der Waals surface area contributed by atoms with Crippen LogP contribution in [0.15, 0.2) is 41.1 Å². The van der Waals surface area contributed by atoms with Gasteiger partial charge in [0.25, 0.3) is 0 Å². The maximum absolute atomic E-state index is 3.62. The molecular weight excluding hydrogens is 385 g/mol. The number of halogens is 1. The SMILES string of the molecule is CCNC(c1csc(I)c1)c1cccc2ccsc12. The smallest absolute Gasteiger partial charge is 0.0656 e. The molecular formula is C15H14INS2. The molecule has 0 fully saturated rings. The van der Waals surface area contributed by atoms with Gasteiger partial charge in [0.05, 0.1) is 8.93 Å². The van der Waals surface area contributed by atoms with Crippen molar-refractivity contribution in [1.29, 1.82) is 0 Å². The van der Waals surface area contributed by atoms with Crippen LogP contribution >= 0.6 is 45.3 Å². The zero-order valence-electron chi connectivity index (χ0n) is 10.5. The molecule has 1 atom stereocenters. The Morgan fingerprint density at radius 2 is 2.16 bits per heavy atom. The van der Waals surface area contributed by atoms with Crippen molar-refractivity contribution in [3.8, 4) is 0 Å². The third kappa shape index (κ3) is 2.72. The molecule has 0 aliphatic heterocycles. The van der Waals surface area contributed by atoms with Crippen LogP contribution < -0.4 is 5.32 Å². The summed E-state index contributed by atoms with van der Waals surface area (Å²) in [6.45, 7) is 3.14. The minimum Gasteiger partial charge on any atom is -0.306 e. The molecule has 0 aliphatic rings. The van der Waals surface area contributed by atoms with Crippen LogP contribution in [0.3, 0.4) is 0 Å². The number of hydrogen-bond donors (Lipinski definition) is 1. The van der Waals surface area contributed by atoms with E-state index in [1.807, 2.05) is 22.7 Å². The first kappa shape index (κ1) is 13.5. The molecule has 19 heavy (non-hydrogen) atoms. The Hall–Kier alpha value is -0.430. The van der Waals surface area contributed by atoms with Crippen LogP contribution in [-0.2, 0) is 0 Å². The highest BCUT2D eigenvalue weighted by molar-refractivity contribution is 14.1. The molecule has 1 unspecified atom stereocenters. The number of nitrogens with one attached hydrogen (secondary N) is 1. The second-order valence-corrected chi connectivity index (χ2v) is 8.08. The van der Waals surface area contributed by atoms with Crippen molar-refractivity contribution in [2.75, 3.05) is 6.54 Å². The van der Waals surface area contributed by atoms with E-state index >= 15 is 0 Å². The lowest BCUT2D eigenvalue weighted by atomic mass is 10.00. The molecule has 0 radical (unpaired) electrons. The third-order valence-electron chi connectivity index (χ3n) is 3.15. The summed E-state index contributed by atoms with van der Waals surface area (Å²) in [4.78, 5) is 0. The summed E-state index contributed by atoms with van der Waals surface area (Å²) in [6, 6.07) is 11.4. The molecule has 0 aliphatic carbocycles. The molecule has 3 aromatic rings. The molecule has 0 amide bonds. The first-order chi connectivity index (χ1) is 9.29. The summed E-state index contributed by atoms with van der Waals surface area (Å²) in [5, 5.41) is 9.40. The van der Waals surface area contributed by atoms with Crippen molar-refractivity contribution in [3.05, 3.63) is 55.1 Å². The Balaban J connectivity index is 2.11. The van der Waals surface area contributed by atoms with E-state index in [-0.39, 0.29) is 0 Å². The van der Waals surface area contributed by atoms with E-state index in [1.54, 1.807) is 0 Å². The fraction of sp³-hybridized carbons (Fsp3) is 0.200. The van der Waals surface area contributed by atoms with E-state index < -0.39 is 0 Å². The van der Waals surface area contributed by atoms with Gasteiger partial charge in [-0.05, 0) is 68.5 Å². The van der Waals surface area contributed by atoms with E-state index in [0.29, 0.717) is 6.04 Å². The van der Waals surface area contributed by atoms with Crippen molar-refractivity contribution in [2.24, 2.45) is 0 Å². The normalized spacial score (nSPS) is 12.9. The van der Waals surface area contributed by atoms with Crippen LogP contribution in [0.5, 0.6) is 0 Å². The van der Waals surface area contributed by atoms with Crippen LogP contribution in [-0.4, -0.2) is 6.54 Å². The molecule has 0 saturated carbocycles. The monoisotopic (exact) mass is 399 g/mol. The predicted octanol–water partition coefficient (Wildman–Crippen LogP) is 5.27. The van der Waals surface area contributed by atoms with Crippen LogP contribution in [0.2, 0.25) is 0 Å². The van der Waals surface area contributed by atoms with Crippen LogP contribution in [0.25, 0.3) is 10.1 Å². The van der Waals surface area contributed by atoms with Gasteiger partial charge in [-0.25, -0.2) is 0 Å². The molecule has 0 spiro atoms. The third-order valence-corrected chi connectivity index (χ3v) is 5.94. The van der Waals surface area contributed by atoms with E-state index in [9.17, 15) is 0 Å². The summed E-state index contributed by atoms with van der Waals surface area (Å²) >= 11 is 6.03. The molecule has 4 heteroatoms. The highest BCUT2D eigenvalue weighted by Gasteiger charge is 2.17. The van der Waals surface area contributed by atoms with Gasteiger partial charge in [0.1, 0.15) is 0 Å². The van der Waals surface area contributed by atoms with Crippen molar-refractivity contribution >= 4 is 55.4 Å². The average Bonchev–Trinajstić information content (AvgIpc) is 3.04. The summed E-state index contributed by atoms with van der Waals surface area (Å²) in [5.41, 5.74) is 2.76. The number of fused-ring (bicyclic) bond motifs is 1. The zero-order chi connectivity index (χ0) is 13.2. The van der Waals surface area contributed by atoms with Crippen molar-refractivity contribution in [1.82, 2.24) is 5.32 Å². The average molecular weight is 399 g/mol. The molecule has 1 N–H and O–H groups in total. The van der Waals surface area contributed by atoms with Crippen LogP contribution in [0, 0.1) is 2.88 Å². The summed E-state index contributed by atoms with van der Waals surface area (Å²) in [7, 11) is 0. The van der Waals surface area contributed by atoms with E-state index in [4.69, 9.17) is 0 Å². The molecule has 0 bridgehead atoms. The summed E-state index contributed by atoms with van der Waals surface area (Å²) in [6.07, 6.45) is 0. The maximum atomic E-state index is 3.62. The minimum atomic E-state index is 0.298. The quantitative estimate of drug-likeness (QED) is 0.590. The van der Waals surface area contributed by atoms with Gasteiger partial charge in [-0.2, -0.15) is 0 Å². The largest absolute Gasteiger partial charge is 0.306 e. The summed E-state index contributed by atoms with van der Waals surface area (Å²) < 4.78 is 2.74. The van der Waals surface area contributed by atoms with Crippen LogP contribution in [0.1, 0.15) is 24.1 Å². The van der Waals surface area contributed by atoms with E-state index in [2.05, 4.69) is 75.9 Å². The number of rotatable bonds is 4. The Kier molecular flexibility index (Phi) is 4.21. The lowest BCUT2D eigenvalue weighted by Crippen LogP contribution is -2.21. The molecule has 1 nitrogen and oxygen atoms in total. The van der Waals surface area contributed by atoms with Crippen molar-refractivity contribution < 1.29 is 0 Å². The number of thiophene rings is 2. The fourth-order valence-electron chi connectivity index (χ4n) is 2.33. The lowest BCUT2D eigenvalue weighted by Gasteiger charge is -2.18. The minimum absolute atomic E-state index is 0.298. The molecule has 3 rings (SSSR count). The Morgan fingerprint density at radius 1 is 1.26 bits per heavy atom. The topological polar surface area (TPSA) is 12.0 Å². The highest BCUT2D eigenvalue weighted by atomic mass is 127. The highest BCUT2D eigenvalue weighted by Crippen LogP contribution is 2.34. The Bertz CT molecular complexity index is 686. The molecule has 2 aromatic heterocycles. The first-order valence-electron chi connectivity index (χ1n) is 6.23. The van der Waals surface area contributed by atoms with Crippen LogP contribution in [0.4, 0.5) is 0 Å². The second-order valence-electron chi connectivity index (χ2n) is 4.36. The lowest BCUT2D eigenvalue weighted by molar-refractivity contribution is 0.636. The maximum Gasteiger partial charge on any atom is 0.0656 e. The Labute approximate surface area is 134 Å². The molecule has 98 valence electrons. The fourth-order valence-corrected chi connectivity index (χ4v) is 4.67. The summed E-state index contributed by atoms with van der Waals surface area (Å²) in [5.74, 6) is 0. The van der Waals surface area contributed by atoms with Gasteiger partial charge in [0, 0.05) is 4.70 Å². The van der Waals surface area contributed by atoms with Gasteiger partial charge < -0.3 is 5.32 Å². The van der Waals surface area contributed by atoms with Gasteiger partial charge in [-0.3, -0.25) is 0 Å². The Morgan fingerprint density at radius 3 is 2.89 bits per heavy atom. The second kappa shape index (κ2) is 5.91. The van der Waals surface area contributed by atoms with Gasteiger partial charge in [-0.15, -0.1) is 22.7 Å². The first-order valence-corrected chi connectivity index (χ1v) is 9.07. The van der Waals surface area contributed by atoms with Gasteiger partial charge in [-0.1, -0.05) is 25.1 Å². The molecule has 2 heterocycles. The van der Waals surface area contributed by atoms with E-state index in [1.165, 1.54) is 24.1 Å². The molecule has 0 saturated heterocycles. The van der Waals surface area contributed by atoms with Crippen molar-refractivity contribution in [2.45, 2.75) is 13.0 Å². The van der Waals surface area contributed by atoms with E-state index in [0.717, 1.165) is 6.54 Å². The number of hydrogen-bond acceptors (Lipinski definition) is 3. The van der Waals surface area contributed by atoms with Gasteiger partial charge >= 0.3 is 0 Å². The number of benzene rings is 1. The van der Waals surface area contributed by atoms with Gasteiger partial charge in [0.2, 0.25) is 0 Å². The van der Waals surface area contributed by atoms with Crippen molar-refractivity contribution in [3.63, 3.8) is 0 Å². The molecule has 1 aromatic carbocycles.